The zero-order valence-corrected chi connectivity index (χ0v) is 14.7. The van der Waals surface area contributed by atoms with Gasteiger partial charge in [0.2, 0.25) is 11.8 Å². The van der Waals surface area contributed by atoms with Crippen LogP contribution in [0, 0.1) is 13.8 Å². The molecule has 0 unspecified atom stereocenters. The highest BCUT2D eigenvalue weighted by Crippen LogP contribution is 2.31. The smallest absolute Gasteiger partial charge is 0.243 e. The first-order valence-electron chi connectivity index (χ1n) is 7.80. The zero-order valence-electron chi connectivity index (χ0n) is 13.9. The zero-order chi connectivity index (χ0) is 18.2. The van der Waals surface area contributed by atoms with Crippen LogP contribution in [0.4, 0.5) is 11.4 Å². The van der Waals surface area contributed by atoms with E-state index in [1.54, 1.807) is 24.3 Å². The van der Waals surface area contributed by atoms with Crippen molar-refractivity contribution in [1.29, 1.82) is 0 Å². The molecule has 1 heterocycles. The first kappa shape index (κ1) is 17.2. The van der Waals surface area contributed by atoms with Crippen LogP contribution in [0.25, 0.3) is 0 Å². The van der Waals surface area contributed by atoms with Crippen LogP contribution in [-0.2, 0) is 19.4 Å². The lowest BCUT2D eigenvalue weighted by atomic mass is 10.1. The van der Waals surface area contributed by atoms with Crippen LogP contribution < -0.4 is 10.6 Å². The number of sulfone groups is 1. The Kier molecular flexibility index (Phi) is 4.34. The number of hydrogen-bond donors (Lipinski definition) is 2. The second kappa shape index (κ2) is 6.33. The van der Waals surface area contributed by atoms with Gasteiger partial charge in [-0.3, -0.25) is 9.59 Å². The van der Waals surface area contributed by atoms with Gasteiger partial charge in [0, 0.05) is 5.69 Å². The van der Waals surface area contributed by atoms with Crippen LogP contribution in [0.2, 0.25) is 0 Å². The monoisotopic (exact) mass is 358 g/mol. The summed E-state index contributed by atoms with van der Waals surface area (Å²) in [7, 11) is -3.91. The largest absolute Gasteiger partial charge is 0.326 e. The summed E-state index contributed by atoms with van der Waals surface area (Å²) in [5.74, 6) is -1.20. The molecule has 1 aliphatic heterocycles. The second-order valence-corrected chi connectivity index (χ2v) is 8.12. The Morgan fingerprint density at radius 3 is 2.60 bits per heavy atom. The normalized spacial score (nSPS) is 18.2. The highest BCUT2D eigenvalue weighted by Gasteiger charge is 2.41. The maximum absolute atomic E-state index is 12.7. The van der Waals surface area contributed by atoms with E-state index in [0.29, 0.717) is 5.69 Å². The van der Waals surface area contributed by atoms with Crippen LogP contribution >= 0.6 is 0 Å². The Labute approximate surface area is 146 Å². The summed E-state index contributed by atoms with van der Waals surface area (Å²) in [6.45, 7) is 3.78. The topological polar surface area (TPSA) is 92.3 Å². The number of para-hydroxylation sites is 1. The van der Waals surface area contributed by atoms with Crippen molar-refractivity contribution in [3.05, 3.63) is 53.6 Å². The molecule has 2 amide bonds. The number of aryl methyl sites for hydroxylation is 1. The van der Waals surface area contributed by atoms with Crippen molar-refractivity contribution in [3.8, 4) is 0 Å². The van der Waals surface area contributed by atoms with Gasteiger partial charge in [0.15, 0.2) is 15.1 Å². The molecule has 2 aromatic rings. The fourth-order valence-corrected chi connectivity index (χ4v) is 4.50. The van der Waals surface area contributed by atoms with E-state index in [2.05, 4.69) is 10.6 Å². The molecule has 2 N–H and O–H groups in total. The molecule has 1 aliphatic rings. The Bertz CT molecular complexity index is 967. The second-order valence-electron chi connectivity index (χ2n) is 6.02. The van der Waals surface area contributed by atoms with Crippen LogP contribution in [0.5, 0.6) is 0 Å². The van der Waals surface area contributed by atoms with Crippen LogP contribution in [0.3, 0.4) is 0 Å². The number of anilines is 2. The van der Waals surface area contributed by atoms with Crippen molar-refractivity contribution in [1.82, 2.24) is 0 Å². The Balaban J connectivity index is 1.84. The summed E-state index contributed by atoms with van der Waals surface area (Å²) in [4.78, 5) is 24.6. The molecule has 0 saturated carbocycles. The molecule has 0 aliphatic carbocycles. The minimum Gasteiger partial charge on any atom is -0.326 e. The van der Waals surface area contributed by atoms with E-state index in [4.69, 9.17) is 0 Å². The third kappa shape index (κ3) is 3.15. The summed E-state index contributed by atoms with van der Waals surface area (Å²) in [5.41, 5.74) is 2.77. The van der Waals surface area contributed by atoms with Gasteiger partial charge in [0.05, 0.1) is 17.0 Å². The minimum atomic E-state index is -3.91. The first-order chi connectivity index (χ1) is 11.8. The molecular formula is C18H18N2O4S. The van der Waals surface area contributed by atoms with Crippen molar-refractivity contribution in [3.63, 3.8) is 0 Å². The summed E-state index contributed by atoms with van der Waals surface area (Å²) >= 11 is 0. The van der Waals surface area contributed by atoms with Gasteiger partial charge in [-0.2, -0.15) is 0 Å². The molecule has 1 atom stereocenters. The van der Waals surface area contributed by atoms with E-state index >= 15 is 0 Å². The summed E-state index contributed by atoms with van der Waals surface area (Å²) < 4.78 is 25.4. The van der Waals surface area contributed by atoms with E-state index in [9.17, 15) is 18.0 Å². The summed E-state index contributed by atoms with van der Waals surface area (Å²) in [6.07, 6.45) is -0.435. The molecule has 6 nitrogen and oxygen atoms in total. The lowest BCUT2D eigenvalue weighted by Gasteiger charge is -2.24. The van der Waals surface area contributed by atoms with Crippen LogP contribution in [-0.4, -0.2) is 25.5 Å². The molecule has 0 saturated heterocycles. The maximum Gasteiger partial charge on any atom is 0.243 e. The molecule has 0 fully saturated rings. The molecule has 7 heteroatoms. The predicted octanol–water partition coefficient (Wildman–Crippen LogP) is 2.43. The van der Waals surface area contributed by atoms with Gasteiger partial charge in [-0.05, 0) is 43.2 Å². The van der Waals surface area contributed by atoms with E-state index in [1.165, 1.54) is 12.1 Å². The third-order valence-corrected chi connectivity index (χ3v) is 6.47. The van der Waals surface area contributed by atoms with Crippen molar-refractivity contribution >= 4 is 33.0 Å². The predicted molar refractivity (Wildman–Crippen MR) is 95.2 cm³/mol. The van der Waals surface area contributed by atoms with E-state index in [0.717, 1.165) is 11.1 Å². The summed E-state index contributed by atoms with van der Waals surface area (Å²) in [6, 6.07) is 11.6. The number of nitrogens with one attached hydrogen (secondary N) is 2. The average molecular weight is 358 g/mol. The molecule has 0 spiro atoms. The number of hydrogen-bond acceptors (Lipinski definition) is 4. The maximum atomic E-state index is 12.7. The number of benzene rings is 2. The molecule has 2 aromatic carbocycles. The van der Waals surface area contributed by atoms with Gasteiger partial charge in [-0.25, -0.2) is 8.42 Å². The number of fused-ring (bicyclic) bond motifs is 1. The number of rotatable bonds is 3. The van der Waals surface area contributed by atoms with Gasteiger partial charge in [0.25, 0.3) is 0 Å². The number of carbonyl (C=O) groups excluding carboxylic acids is 2. The molecule has 25 heavy (non-hydrogen) atoms. The SMILES string of the molecule is Cc1cccc(NC(=O)C[C@H]2C(=O)Nc3ccccc3S2(=O)=O)c1C. The number of amides is 2. The molecule has 0 aromatic heterocycles. The van der Waals surface area contributed by atoms with Crippen LogP contribution in [0.15, 0.2) is 47.4 Å². The minimum absolute atomic E-state index is 0.0409. The Hall–Kier alpha value is -2.67. The van der Waals surface area contributed by atoms with E-state index in [-0.39, 0.29) is 10.6 Å². The average Bonchev–Trinajstić information content (AvgIpc) is 2.56. The van der Waals surface area contributed by atoms with Gasteiger partial charge in [0.1, 0.15) is 0 Å². The van der Waals surface area contributed by atoms with Crippen molar-refractivity contribution in [2.45, 2.75) is 30.4 Å². The Morgan fingerprint density at radius 2 is 1.84 bits per heavy atom. The van der Waals surface area contributed by atoms with E-state index in [1.807, 2.05) is 19.9 Å². The highest BCUT2D eigenvalue weighted by molar-refractivity contribution is 7.93. The van der Waals surface area contributed by atoms with Crippen molar-refractivity contribution < 1.29 is 18.0 Å². The molecule has 0 bridgehead atoms. The standard InChI is InChI=1S/C18H18N2O4S/c1-11-6-5-8-13(12(11)2)19-17(21)10-16-18(22)20-14-7-3-4-9-15(14)25(16,23)24/h3-9,16H,10H2,1-2H3,(H,19,21)(H,20,22)/t16-/m0/s1. The molecule has 130 valence electrons. The van der Waals surface area contributed by atoms with Gasteiger partial charge in [-0.15, -0.1) is 0 Å². The van der Waals surface area contributed by atoms with Gasteiger partial charge in [-0.1, -0.05) is 24.3 Å². The van der Waals surface area contributed by atoms with E-state index < -0.39 is 33.3 Å². The Morgan fingerprint density at radius 1 is 1.12 bits per heavy atom. The lowest BCUT2D eigenvalue weighted by molar-refractivity contribution is -0.121. The molecular weight excluding hydrogens is 340 g/mol. The lowest BCUT2D eigenvalue weighted by Crippen LogP contribution is -2.42. The third-order valence-electron chi connectivity index (χ3n) is 4.37. The first-order valence-corrected chi connectivity index (χ1v) is 9.35. The van der Waals surface area contributed by atoms with Crippen molar-refractivity contribution in [2.75, 3.05) is 10.6 Å². The fraction of sp³-hybridized carbons (Fsp3) is 0.222. The molecule has 3 rings (SSSR count). The fourth-order valence-electron chi connectivity index (χ4n) is 2.78. The highest BCUT2D eigenvalue weighted by atomic mass is 32.2. The quantitative estimate of drug-likeness (QED) is 0.881. The number of carbonyl (C=O) groups is 2. The van der Waals surface area contributed by atoms with Crippen LogP contribution in [0.1, 0.15) is 17.5 Å². The molecule has 0 radical (unpaired) electrons. The summed E-state index contributed by atoms with van der Waals surface area (Å²) in [5, 5.41) is 3.82. The van der Waals surface area contributed by atoms with Crippen molar-refractivity contribution in [2.24, 2.45) is 0 Å². The van der Waals surface area contributed by atoms with Gasteiger partial charge < -0.3 is 10.6 Å². The van der Waals surface area contributed by atoms with Gasteiger partial charge >= 0.3 is 0 Å².